The maximum absolute atomic E-state index is 13.2. The molecule has 0 radical (unpaired) electrons. The number of benzene rings is 2. The van der Waals surface area contributed by atoms with Crippen LogP contribution in [-0.4, -0.2) is 29.9 Å². The van der Waals surface area contributed by atoms with E-state index in [-0.39, 0.29) is 35.7 Å². The lowest BCUT2D eigenvalue weighted by molar-refractivity contribution is -0.133. The Balaban J connectivity index is 0.00000182. The van der Waals surface area contributed by atoms with Crippen LogP contribution in [0.1, 0.15) is 35.4 Å². The average molecular weight is 357 g/mol. The van der Waals surface area contributed by atoms with Gasteiger partial charge in [-0.25, -0.2) is 0 Å². The standard InChI is InChI=1S/C21H24N2O.ClH/c1-15-6-5-9-17(12-15)21(10-11-21)20(24)23-13-18(19(22)14-23)16-7-3-2-4-8-16;/h2-9,12,18-19H,10-11,13-14,22H2,1H3;1H/t18-,19+;/m0./s1. The van der Waals surface area contributed by atoms with Crippen molar-refractivity contribution >= 4 is 18.3 Å². The number of halogens is 1. The van der Waals surface area contributed by atoms with Crippen LogP contribution >= 0.6 is 12.4 Å². The van der Waals surface area contributed by atoms with E-state index in [0.717, 1.165) is 19.4 Å². The molecule has 2 atom stereocenters. The molecule has 2 aliphatic rings. The largest absolute Gasteiger partial charge is 0.340 e. The van der Waals surface area contributed by atoms with E-state index in [1.54, 1.807) is 0 Å². The van der Waals surface area contributed by atoms with Crippen LogP contribution in [0, 0.1) is 6.92 Å². The fraction of sp³-hybridized carbons (Fsp3) is 0.381. The highest BCUT2D eigenvalue weighted by atomic mass is 35.5. The summed E-state index contributed by atoms with van der Waals surface area (Å²) in [6, 6.07) is 18.8. The molecule has 4 rings (SSSR count). The number of nitrogens with two attached hydrogens (primary N) is 1. The van der Waals surface area contributed by atoms with E-state index >= 15 is 0 Å². The summed E-state index contributed by atoms with van der Waals surface area (Å²) >= 11 is 0. The molecule has 1 saturated heterocycles. The van der Waals surface area contributed by atoms with Crippen LogP contribution in [0.3, 0.4) is 0 Å². The van der Waals surface area contributed by atoms with Gasteiger partial charge in [-0.3, -0.25) is 4.79 Å². The van der Waals surface area contributed by atoms with Crippen molar-refractivity contribution in [3.8, 4) is 0 Å². The molecule has 0 spiro atoms. The summed E-state index contributed by atoms with van der Waals surface area (Å²) in [6.45, 7) is 3.48. The smallest absolute Gasteiger partial charge is 0.233 e. The van der Waals surface area contributed by atoms with Gasteiger partial charge in [0.1, 0.15) is 0 Å². The number of carbonyl (C=O) groups is 1. The van der Waals surface area contributed by atoms with Crippen molar-refractivity contribution in [3.05, 3.63) is 71.3 Å². The molecular formula is C21H25ClN2O. The van der Waals surface area contributed by atoms with Crippen LogP contribution in [0.4, 0.5) is 0 Å². The summed E-state index contributed by atoms with van der Waals surface area (Å²) in [7, 11) is 0. The summed E-state index contributed by atoms with van der Waals surface area (Å²) in [5.41, 5.74) is 9.70. The number of hydrogen-bond acceptors (Lipinski definition) is 2. The first-order valence-electron chi connectivity index (χ1n) is 8.77. The first kappa shape index (κ1) is 18.0. The molecule has 4 heteroatoms. The van der Waals surface area contributed by atoms with E-state index in [2.05, 4.69) is 43.3 Å². The summed E-state index contributed by atoms with van der Waals surface area (Å²) < 4.78 is 0. The second kappa shape index (κ2) is 6.81. The third kappa shape index (κ3) is 3.19. The molecule has 132 valence electrons. The van der Waals surface area contributed by atoms with Crippen molar-refractivity contribution in [2.24, 2.45) is 5.73 Å². The van der Waals surface area contributed by atoms with Crippen molar-refractivity contribution in [1.82, 2.24) is 4.90 Å². The summed E-state index contributed by atoms with van der Waals surface area (Å²) in [6.07, 6.45) is 1.91. The Morgan fingerprint density at radius 2 is 1.80 bits per heavy atom. The Hall–Kier alpha value is -1.84. The van der Waals surface area contributed by atoms with E-state index in [1.165, 1.54) is 16.7 Å². The van der Waals surface area contributed by atoms with Crippen LogP contribution in [0.15, 0.2) is 54.6 Å². The van der Waals surface area contributed by atoms with E-state index in [0.29, 0.717) is 6.54 Å². The molecule has 3 nitrogen and oxygen atoms in total. The zero-order chi connectivity index (χ0) is 16.7. The quantitative estimate of drug-likeness (QED) is 0.916. The first-order valence-corrected chi connectivity index (χ1v) is 8.77. The molecule has 2 fully saturated rings. The van der Waals surface area contributed by atoms with E-state index in [1.807, 2.05) is 23.1 Å². The molecule has 1 aliphatic heterocycles. The second-order valence-electron chi connectivity index (χ2n) is 7.34. The Bertz CT molecular complexity index is 758. The average Bonchev–Trinajstić information content (AvgIpc) is 3.32. The number of carbonyl (C=O) groups excluding carboxylic acids is 1. The lowest BCUT2D eigenvalue weighted by atomic mass is 9.93. The molecule has 0 aromatic heterocycles. The van der Waals surface area contributed by atoms with E-state index in [4.69, 9.17) is 5.73 Å². The van der Waals surface area contributed by atoms with Crippen molar-refractivity contribution < 1.29 is 4.79 Å². The molecule has 1 aliphatic carbocycles. The zero-order valence-electron chi connectivity index (χ0n) is 14.5. The van der Waals surface area contributed by atoms with Gasteiger partial charge < -0.3 is 10.6 Å². The number of nitrogens with zero attached hydrogens (tertiary/aromatic N) is 1. The molecular weight excluding hydrogens is 332 g/mol. The lowest BCUT2D eigenvalue weighted by Gasteiger charge is -2.24. The fourth-order valence-electron chi connectivity index (χ4n) is 4.04. The van der Waals surface area contributed by atoms with Gasteiger partial charge in [-0.2, -0.15) is 0 Å². The maximum Gasteiger partial charge on any atom is 0.233 e. The third-order valence-corrected chi connectivity index (χ3v) is 5.61. The van der Waals surface area contributed by atoms with Gasteiger partial charge in [0.25, 0.3) is 0 Å². The van der Waals surface area contributed by atoms with Gasteiger partial charge in [-0.15, -0.1) is 12.4 Å². The van der Waals surface area contributed by atoms with E-state index < -0.39 is 0 Å². The van der Waals surface area contributed by atoms with Gasteiger partial charge >= 0.3 is 0 Å². The maximum atomic E-state index is 13.2. The van der Waals surface area contributed by atoms with Gasteiger partial charge in [-0.1, -0.05) is 60.2 Å². The molecule has 2 N–H and O–H groups in total. The van der Waals surface area contributed by atoms with E-state index in [9.17, 15) is 4.79 Å². The predicted molar refractivity (Wildman–Crippen MR) is 103 cm³/mol. The lowest BCUT2D eigenvalue weighted by Crippen LogP contribution is -2.39. The SMILES string of the molecule is Cc1cccc(C2(C(=O)N3C[C@@H](N)[C@H](c4ccccc4)C3)CC2)c1.Cl. The molecule has 25 heavy (non-hydrogen) atoms. The molecule has 2 aromatic rings. The monoisotopic (exact) mass is 356 g/mol. The van der Waals surface area contributed by atoms with Crippen LogP contribution in [0.5, 0.6) is 0 Å². The second-order valence-corrected chi connectivity index (χ2v) is 7.34. The Morgan fingerprint density at radius 1 is 1.08 bits per heavy atom. The zero-order valence-corrected chi connectivity index (χ0v) is 15.3. The number of aryl methyl sites for hydroxylation is 1. The number of hydrogen-bond donors (Lipinski definition) is 1. The number of likely N-dealkylation sites (tertiary alicyclic amines) is 1. The Morgan fingerprint density at radius 3 is 2.44 bits per heavy atom. The van der Waals surface area contributed by atoms with Crippen LogP contribution in [0.2, 0.25) is 0 Å². The fourth-order valence-corrected chi connectivity index (χ4v) is 4.04. The Labute approximate surface area is 155 Å². The highest BCUT2D eigenvalue weighted by Crippen LogP contribution is 2.50. The minimum atomic E-state index is -0.294. The minimum absolute atomic E-state index is 0. The highest BCUT2D eigenvalue weighted by Gasteiger charge is 2.54. The molecule has 0 bridgehead atoms. The van der Waals surface area contributed by atoms with Crippen molar-refractivity contribution in [2.75, 3.05) is 13.1 Å². The van der Waals surface area contributed by atoms with Crippen LogP contribution < -0.4 is 5.73 Å². The molecule has 1 saturated carbocycles. The summed E-state index contributed by atoms with van der Waals surface area (Å²) in [5.74, 6) is 0.505. The van der Waals surface area contributed by atoms with Gasteiger partial charge in [-0.05, 0) is 30.9 Å². The number of amides is 1. The van der Waals surface area contributed by atoms with Crippen molar-refractivity contribution in [1.29, 1.82) is 0 Å². The molecule has 0 unspecified atom stereocenters. The van der Waals surface area contributed by atoms with Crippen LogP contribution in [-0.2, 0) is 10.2 Å². The Kier molecular flexibility index (Phi) is 4.90. The number of rotatable bonds is 3. The molecule has 1 heterocycles. The van der Waals surface area contributed by atoms with Gasteiger partial charge in [0.2, 0.25) is 5.91 Å². The third-order valence-electron chi connectivity index (χ3n) is 5.61. The normalized spacial score (nSPS) is 23.8. The predicted octanol–water partition coefficient (Wildman–Crippen LogP) is 3.40. The topological polar surface area (TPSA) is 46.3 Å². The van der Waals surface area contributed by atoms with Gasteiger partial charge in [0.05, 0.1) is 5.41 Å². The first-order chi connectivity index (χ1) is 11.6. The highest BCUT2D eigenvalue weighted by molar-refractivity contribution is 5.91. The van der Waals surface area contributed by atoms with Crippen LogP contribution in [0.25, 0.3) is 0 Å². The van der Waals surface area contributed by atoms with Crippen molar-refractivity contribution in [2.45, 2.75) is 37.1 Å². The minimum Gasteiger partial charge on any atom is -0.340 e. The molecule has 2 aromatic carbocycles. The summed E-state index contributed by atoms with van der Waals surface area (Å²) in [5, 5.41) is 0. The molecule has 1 amide bonds. The summed E-state index contributed by atoms with van der Waals surface area (Å²) in [4.78, 5) is 15.2. The van der Waals surface area contributed by atoms with Gasteiger partial charge in [0, 0.05) is 25.0 Å². The van der Waals surface area contributed by atoms with Crippen molar-refractivity contribution in [3.63, 3.8) is 0 Å². The van der Waals surface area contributed by atoms with Gasteiger partial charge in [0.15, 0.2) is 0 Å².